The fourth-order valence-corrected chi connectivity index (χ4v) is 2.74. The van der Waals surface area contributed by atoms with Crippen molar-refractivity contribution < 1.29 is 0 Å². The topological polar surface area (TPSA) is 15.3 Å². The fourth-order valence-electron chi connectivity index (χ4n) is 2.74. The summed E-state index contributed by atoms with van der Waals surface area (Å²) in [4.78, 5) is 2.74. The van der Waals surface area contributed by atoms with Gasteiger partial charge in [0.05, 0.1) is 0 Å². The van der Waals surface area contributed by atoms with Gasteiger partial charge >= 0.3 is 0 Å². The molecule has 2 nitrogen and oxygen atoms in total. The first-order chi connectivity index (χ1) is 7.81. The van der Waals surface area contributed by atoms with Gasteiger partial charge in [0, 0.05) is 31.7 Å². The van der Waals surface area contributed by atoms with E-state index in [9.17, 15) is 0 Å². The highest BCUT2D eigenvalue weighted by Gasteiger charge is 2.23. The van der Waals surface area contributed by atoms with Crippen molar-refractivity contribution in [3.05, 3.63) is 0 Å². The molecule has 0 aliphatic carbocycles. The Kier molecular flexibility index (Phi) is 7.06. The van der Waals surface area contributed by atoms with Gasteiger partial charge in [-0.25, -0.2) is 0 Å². The molecule has 96 valence electrons. The van der Waals surface area contributed by atoms with Gasteiger partial charge in [0.2, 0.25) is 0 Å². The monoisotopic (exact) mass is 226 g/mol. The van der Waals surface area contributed by atoms with E-state index in [1.54, 1.807) is 0 Å². The summed E-state index contributed by atoms with van der Waals surface area (Å²) in [6, 6.07) is 1.58. The molecular weight excluding hydrogens is 196 g/mol. The molecule has 2 unspecified atom stereocenters. The van der Waals surface area contributed by atoms with E-state index in [-0.39, 0.29) is 0 Å². The molecule has 0 aromatic heterocycles. The summed E-state index contributed by atoms with van der Waals surface area (Å²) < 4.78 is 0. The molecule has 16 heavy (non-hydrogen) atoms. The molecular formula is C14H30N2. The molecule has 1 aliphatic rings. The Hall–Kier alpha value is -0.0800. The second-order valence-electron chi connectivity index (χ2n) is 5.14. The van der Waals surface area contributed by atoms with Crippen molar-refractivity contribution in [1.82, 2.24) is 10.2 Å². The highest BCUT2D eigenvalue weighted by molar-refractivity contribution is 4.82. The second kappa shape index (κ2) is 8.08. The Labute approximate surface area is 102 Å². The summed E-state index contributed by atoms with van der Waals surface area (Å²) in [6.45, 7) is 10.6. The molecule has 1 fully saturated rings. The van der Waals surface area contributed by atoms with Crippen LogP contribution in [0.1, 0.15) is 59.3 Å². The minimum Gasteiger partial charge on any atom is -0.311 e. The van der Waals surface area contributed by atoms with Gasteiger partial charge in [-0.3, -0.25) is 4.90 Å². The van der Waals surface area contributed by atoms with Crippen molar-refractivity contribution in [3.63, 3.8) is 0 Å². The molecule has 1 rings (SSSR count). The largest absolute Gasteiger partial charge is 0.311 e. The Bertz CT molecular complexity index is 168. The zero-order chi connectivity index (χ0) is 11.8. The molecule has 2 atom stereocenters. The van der Waals surface area contributed by atoms with Crippen LogP contribution in [0.25, 0.3) is 0 Å². The fraction of sp³-hybridized carbons (Fsp3) is 1.00. The molecule has 1 saturated heterocycles. The van der Waals surface area contributed by atoms with Crippen LogP contribution < -0.4 is 5.32 Å². The SMILES string of the molecule is CCCCC(CCC)N1CCNC(CC)C1. The molecule has 0 bridgehead atoms. The number of piperazine rings is 1. The van der Waals surface area contributed by atoms with Crippen LogP contribution in [-0.4, -0.2) is 36.6 Å². The second-order valence-corrected chi connectivity index (χ2v) is 5.14. The lowest BCUT2D eigenvalue weighted by Gasteiger charge is -2.39. The van der Waals surface area contributed by atoms with Crippen LogP contribution in [0.5, 0.6) is 0 Å². The van der Waals surface area contributed by atoms with Crippen LogP contribution in [0.2, 0.25) is 0 Å². The van der Waals surface area contributed by atoms with E-state index in [1.165, 1.54) is 58.2 Å². The van der Waals surface area contributed by atoms with Crippen molar-refractivity contribution in [2.75, 3.05) is 19.6 Å². The van der Waals surface area contributed by atoms with Crippen LogP contribution in [0.3, 0.4) is 0 Å². The first kappa shape index (κ1) is 14.0. The zero-order valence-electron chi connectivity index (χ0n) is 11.5. The molecule has 1 heterocycles. The van der Waals surface area contributed by atoms with Crippen molar-refractivity contribution in [3.8, 4) is 0 Å². The first-order valence-corrected chi connectivity index (χ1v) is 7.29. The number of rotatable bonds is 7. The van der Waals surface area contributed by atoms with E-state index in [2.05, 4.69) is 31.0 Å². The number of nitrogens with zero attached hydrogens (tertiary/aromatic N) is 1. The van der Waals surface area contributed by atoms with Gasteiger partial charge in [0.25, 0.3) is 0 Å². The summed E-state index contributed by atoms with van der Waals surface area (Å²) in [7, 11) is 0. The van der Waals surface area contributed by atoms with Crippen LogP contribution in [0.4, 0.5) is 0 Å². The van der Waals surface area contributed by atoms with Crippen LogP contribution >= 0.6 is 0 Å². The van der Waals surface area contributed by atoms with Gasteiger partial charge in [0.15, 0.2) is 0 Å². The van der Waals surface area contributed by atoms with E-state index < -0.39 is 0 Å². The zero-order valence-corrected chi connectivity index (χ0v) is 11.5. The predicted molar refractivity (Wildman–Crippen MR) is 71.9 cm³/mol. The summed E-state index contributed by atoms with van der Waals surface area (Å²) in [5.41, 5.74) is 0. The molecule has 0 saturated carbocycles. The highest BCUT2D eigenvalue weighted by Crippen LogP contribution is 2.17. The summed E-state index contributed by atoms with van der Waals surface area (Å²) >= 11 is 0. The Morgan fingerprint density at radius 3 is 2.62 bits per heavy atom. The van der Waals surface area contributed by atoms with E-state index in [1.807, 2.05) is 0 Å². The number of hydrogen-bond acceptors (Lipinski definition) is 2. The third-order valence-corrected chi connectivity index (χ3v) is 3.81. The van der Waals surface area contributed by atoms with Gasteiger partial charge in [-0.1, -0.05) is 40.0 Å². The van der Waals surface area contributed by atoms with Crippen LogP contribution in [-0.2, 0) is 0 Å². The Balaban J connectivity index is 2.41. The normalized spacial score (nSPS) is 24.6. The Morgan fingerprint density at radius 1 is 1.19 bits per heavy atom. The lowest BCUT2D eigenvalue weighted by Crippen LogP contribution is -2.53. The van der Waals surface area contributed by atoms with Crippen LogP contribution in [0, 0.1) is 0 Å². The van der Waals surface area contributed by atoms with Gasteiger partial charge < -0.3 is 5.32 Å². The average molecular weight is 226 g/mol. The third kappa shape index (κ3) is 4.42. The maximum atomic E-state index is 3.61. The molecule has 0 amide bonds. The highest BCUT2D eigenvalue weighted by atomic mass is 15.2. The minimum atomic E-state index is 0.731. The quantitative estimate of drug-likeness (QED) is 0.718. The number of nitrogens with one attached hydrogen (secondary N) is 1. The van der Waals surface area contributed by atoms with Gasteiger partial charge in [0.1, 0.15) is 0 Å². The summed E-state index contributed by atoms with van der Waals surface area (Å²) in [6.07, 6.45) is 8.12. The minimum absolute atomic E-state index is 0.731. The van der Waals surface area contributed by atoms with E-state index >= 15 is 0 Å². The van der Waals surface area contributed by atoms with E-state index in [0.29, 0.717) is 0 Å². The van der Waals surface area contributed by atoms with Crippen LogP contribution in [0.15, 0.2) is 0 Å². The molecule has 0 aromatic carbocycles. The van der Waals surface area contributed by atoms with Crippen molar-refractivity contribution in [2.24, 2.45) is 0 Å². The maximum Gasteiger partial charge on any atom is 0.0193 e. The van der Waals surface area contributed by atoms with E-state index in [4.69, 9.17) is 0 Å². The van der Waals surface area contributed by atoms with Gasteiger partial charge in [-0.15, -0.1) is 0 Å². The van der Waals surface area contributed by atoms with Crippen molar-refractivity contribution >= 4 is 0 Å². The lowest BCUT2D eigenvalue weighted by atomic mass is 10.0. The third-order valence-electron chi connectivity index (χ3n) is 3.81. The average Bonchev–Trinajstić information content (AvgIpc) is 2.34. The number of unbranched alkanes of at least 4 members (excludes halogenated alkanes) is 1. The lowest BCUT2D eigenvalue weighted by molar-refractivity contribution is 0.126. The molecule has 0 spiro atoms. The van der Waals surface area contributed by atoms with Gasteiger partial charge in [-0.05, 0) is 19.3 Å². The van der Waals surface area contributed by atoms with Crippen molar-refractivity contribution in [1.29, 1.82) is 0 Å². The number of hydrogen-bond donors (Lipinski definition) is 1. The smallest absolute Gasteiger partial charge is 0.0193 e. The van der Waals surface area contributed by atoms with Crippen molar-refractivity contribution in [2.45, 2.75) is 71.4 Å². The molecule has 1 N–H and O–H groups in total. The summed E-state index contributed by atoms with van der Waals surface area (Å²) in [5.74, 6) is 0. The first-order valence-electron chi connectivity index (χ1n) is 7.29. The molecule has 0 aromatic rings. The molecule has 0 radical (unpaired) electrons. The molecule has 1 aliphatic heterocycles. The van der Waals surface area contributed by atoms with E-state index in [0.717, 1.165) is 12.1 Å². The summed E-state index contributed by atoms with van der Waals surface area (Å²) in [5, 5.41) is 3.61. The standard InChI is InChI=1S/C14H30N2/c1-4-7-9-14(8-5-2)16-11-10-15-13(6-3)12-16/h13-15H,4-12H2,1-3H3. The maximum absolute atomic E-state index is 3.61. The van der Waals surface area contributed by atoms with Gasteiger partial charge in [-0.2, -0.15) is 0 Å². The predicted octanol–water partition coefficient (Wildman–Crippen LogP) is 3.03. The Morgan fingerprint density at radius 2 is 2.00 bits per heavy atom. The molecule has 2 heteroatoms.